The second kappa shape index (κ2) is 5.44. The molecule has 0 aliphatic rings. The van der Waals surface area contributed by atoms with E-state index in [-0.39, 0.29) is 23.4 Å². The maximum absolute atomic E-state index is 10.6. The normalized spacial score (nSPS) is 8.78. The third-order valence-electron chi connectivity index (χ3n) is 0.638. The molecule has 0 aromatic rings. The van der Waals surface area contributed by atoms with Crippen LogP contribution in [0.15, 0.2) is 0 Å². The zero-order valence-corrected chi connectivity index (χ0v) is 8.11. The summed E-state index contributed by atoms with van der Waals surface area (Å²) in [5, 5.41) is 10.9. The van der Waals surface area contributed by atoms with Gasteiger partial charge in [-0.05, 0) is 0 Å². The van der Waals surface area contributed by atoms with Crippen LogP contribution in [0.2, 0.25) is 0 Å². The van der Waals surface area contributed by atoms with Crippen molar-refractivity contribution in [2.75, 3.05) is 6.61 Å². The summed E-state index contributed by atoms with van der Waals surface area (Å²) in [5.74, 6) is -0.119. The topological polar surface area (TPSA) is 49.3 Å². The van der Waals surface area contributed by atoms with Crippen LogP contribution < -0.4 is 5.23 Å². The molecule has 0 aliphatic heterocycles. The number of nitrogens with one attached hydrogen (secondary N) is 1. The van der Waals surface area contributed by atoms with Crippen LogP contribution in [0.25, 0.3) is 0 Å². The van der Waals surface area contributed by atoms with E-state index in [1.165, 1.54) is 0 Å². The fraction of sp³-hybridized carbons (Fsp3) is 0.667. The van der Waals surface area contributed by atoms with E-state index in [9.17, 15) is 4.79 Å². The molecule has 0 fully saturated rings. The van der Waals surface area contributed by atoms with E-state index >= 15 is 0 Å². The van der Waals surface area contributed by atoms with E-state index in [0.29, 0.717) is 0 Å². The number of hydrogen-bond acceptors (Lipinski definition) is 2. The maximum Gasteiger partial charge on any atom is 0.349 e. The molecule has 1 atom stereocenters. The van der Waals surface area contributed by atoms with Gasteiger partial charge in [-0.25, -0.2) is 0 Å². The molecule has 0 bridgehead atoms. The van der Waals surface area contributed by atoms with Crippen molar-refractivity contribution >= 4 is 41.8 Å². The monoisotopic (exact) mass is 259 g/mol. The molecule has 0 radical (unpaired) electrons. The predicted molar refractivity (Wildman–Crippen MR) is 49.3 cm³/mol. The summed E-state index contributed by atoms with van der Waals surface area (Å²) in [6.07, 6.45) is 0.188. The first-order valence-corrected chi connectivity index (χ1v) is 4.38. The lowest BCUT2D eigenvalue weighted by Gasteiger charge is -2.00. The van der Waals surface area contributed by atoms with Gasteiger partial charge >= 0.3 is 4.42 Å². The minimum Gasteiger partial charge on any atom is -0.396 e. The highest BCUT2D eigenvalue weighted by molar-refractivity contribution is 14.1. The van der Waals surface area contributed by atoms with Gasteiger partial charge in [-0.2, -0.15) is 0 Å². The van der Waals surface area contributed by atoms with E-state index in [2.05, 4.69) is 14.3 Å². The van der Waals surface area contributed by atoms with Gasteiger partial charge in [0, 0.05) is 6.42 Å². The first-order valence-electron chi connectivity index (χ1n) is 2.46. The van der Waals surface area contributed by atoms with Gasteiger partial charge in [0.15, 0.2) is 0 Å². The van der Waals surface area contributed by atoms with Gasteiger partial charge in [-0.15, -0.1) is 31.5 Å². The maximum atomic E-state index is 10.6. The number of hydrogen-bond donors (Lipinski definition) is 2. The summed E-state index contributed by atoms with van der Waals surface area (Å²) in [6, 6.07) is 0. The van der Waals surface area contributed by atoms with Crippen molar-refractivity contribution in [3.05, 3.63) is 0 Å². The van der Waals surface area contributed by atoms with Gasteiger partial charge in [0.1, 0.15) is 0 Å². The molecule has 0 rings (SSSR count). The Morgan fingerprint density at radius 3 is 2.78 bits per heavy atom. The van der Waals surface area contributed by atoms with Crippen molar-refractivity contribution in [2.45, 2.75) is 6.42 Å². The Morgan fingerprint density at radius 2 is 2.44 bits per heavy atom. The zero-order valence-electron chi connectivity index (χ0n) is 4.80. The van der Waals surface area contributed by atoms with Gasteiger partial charge in [0.25, 0.3) is 0 Å². The minimum absolute atomic E-state index is 0.0571. The first-order chi connectivity index (χ1) is 4.16. The number of aliphatic hydroxyl groups excluding tert-OH is 1. The smallest absolute Gasteiger partial charge is 0.349 e. The third-order valence-corrected chi connectivity index (χ3v) is 1.12. The third kappa shape index (κ3) is 6.54. The van der Waals surface area contributed by atoms with Crippen LogP contribution in [-0.4, -0.2) is 22.0 Å². The van der Waals surface area contributed by atoms with Crippen LogP contribution in [0.4, 0.5) is 0 Å². The predicted octanol–water partition coefficient (Wildman–Crippen LogP) is -0.220. The molecule has 6 heteroatoms. The standard InChI is InChI=1S/C3H8BINO2P/c5-4(9)6-3(8)1-2-7/h7H,1-2,9H2,(H,6,8). The lowest BCUT2D eigenvalue weighted by atomic mass is 10.3. The second-order valence-corrected chi connectivity index (χ2v) is 4.81. The van der Waals surface area contributed by atoms with Crippen LogP contribution in [-0.2, 0) is 4.79 Å². The van der Waals surface area contributed by atoms with Crippen LogP contribution in [0, 0.1) is 0 Å². The molecule has 3 nitrogen and oxygen atoms in total. The molecule has 1 unspecified atom stereocenters. The summed E-state index contributed by atoms with van der Waals surface area (Å²) in [5.41, 5.74) is 0. The van der Waals surface area contributed by atoms with Gasteiger partial charge in [0.05, 0.1) is 6.61 Å². The lowest BCUT2D eigenvalue weighted by molar-refractivity contribution is -0.120. The second-order valence-electron chi connectivity index (χ2n) is 1.44. The average molecular weight is 259 g/mol. The molecular weight excluding hydrogens is 251 g/mol. The van der Waals surface area contributed by atoms with Crippen molar-refractivity contribution in [1.29, 1.82) is 0 Å². The summed E-state index contributed by atoms with van der Waals surface area (Å²) in [6.45, 7) is -0.0835. The molecule has 0 saturated heterocycles. The number of carbonyl (C=O) groups excluding carboxylic acids is 1. The van der Waals surface area contributed by atoms with Gasteiger partial charge in [-0.1, -0.05) is 0 Å². The molecule has 2 N–H and O–H groups in total. The Bertz CT molecular complexity index is 102. The number of amides is 1. The van der Waals surface area contributed by atoms with Crippen molar-refractivity contribution in [1.82, 2.24) is 5.23 Å². The zero-order chi connectivity index (χ0) is 7.28. The fourth-order valence-corrected chi connectivity index (χ4v) is 0.861. The van der Waals surface area contributed by atoms with Gasteiger partial charge in [0.2, 0.25) is 5.91 Å². The van der Waals surface area contributed by atoms with E-state index in [4.69, 9.17) is 5.11 Å². The number of aliphatic hydroxyl groups is 1. The number of rotatable bonds is 3. The molecule has 0 aromatic carbocycles. The van der Waals surface area contributed by atoms with Crippen LogP contribution >= 0.6 is 31.5 Å². The summed E-state index contributed by atoms with van der Waals surface area (Å²) in [4.78, 5) is 10.6. The molecule has 1 amide bonds. The number of halogens is 1. The molecule has 0 saturated carbocycles. The van der Waals surface area contributed by atoms with Gasteiger partial charge < -0.3 is 10.3 Å². The van der Waals surface area contributed by atoms with Crippen molar-refractivity contribution < 1.29 is 9.90 Å². The Kier molecular flexibility index (Phi) is 5.84. The fourth-order valence-electron chi connectivity index (χ4n) is 0.328. The molecular formula is C3H8BINO2P. The Morgan fingerprint density at radius 1 is 1.89 bits per heavy atom. The summed E-state index contributed by atoms with van der Waals surface area (Å²) >= 11 is 2.05. The highest BCUT2D eigenvalue weighted by atomic mass is 127. The quantitative estimate of drug-likeness (QED) is 0.418. The molecule has 0 spiro atoms. The first kappa shape index (κ1) is 9.65. The van der Waals surface area contributed by atoms with Crippen molar-refractivity contribution in [2.24, 2.45) is 0 Å². The van der Waals surface area contributed by atoms with E-state index in [0.717, 1.165) is 0 Å². The number of carbonyl (C=O) groups is 1. The molecule has 0 heterocycles. The van der Waals surface area contributed by atoms with Crippen LogP contribution in [0.1, 0.15) is 6.42 Å². The molecule has 52 valence electrons. The molecule has 0 aromatic heterocycles. The summed E-state index contributed by atoms with van der Waals surface area (Å²) in [7, 11) is 2.43. The van der Waals surface area contributed by atoms with E-state index in [1.807, 2.05) is 22.4 Å². The SMILES string of the molecule is O=C(CCO)NB(P)I. The minimum atomic E-state index is -0.119. The van der Waals surface area contributed by atoms with Gasteiger partial charge in [-0.3, -0.25) is 4.79 Å². The van der Waals surface area contributed by atoms with Crippen molar-refractivity contribution in [3.63, 3.8) is 0 Å². The Labute approximate surface area is 70.1 Å². The lowest BCUT2D eigenvalue weighted by Crippen LogP contribution is -2.30. The Balaban J connectivity index is 3.27. The van der Waals surface area contributed by atoms with Crippen LogP contribution in [0.3, 0.4) is 0 Å². The van der Waals surface area contributed by atoms with E-state index in [1.54, 1.807) is 0 Å². The highest BCUT2D eigenvalue weighted by Crippen LogP contribution is 1.98. The average Bonchev–Trinajstić information content (AvgIpc) is 1.63. The Hall–Kier alpha value is 0.655. The largest absolute Gasteiger partial charge is 0.396 e. The molecule has 9 heavy (non-hydrogen) atoms. The molecule has 0 aliphatic carbocycles. The van der Waals surface area contributed by atoms with Crippen molar-refractivity contribution in [3.8, 4) is 0 Å². The van der Waals surface area contributed by atoms with E-state index < -0.39 is 0 Å². The van der Waals surface area contributed by atoms with Crippen LogP contribution in [0.5, 0.6) is 0 Å². The highest BCUT2D eigenvalue weighted by Gasteiger charge is 2.05. The summed E-state index contributed by atoms with van der Waals surface area (Å²) < 4.78 is 0.0571.